The second kappa shape index (κ2) is 6.79. The Bertz CT molecular complexity index is 728. The average Bonchev–Trinajstić information content (AvgIpc) is 3.10. The highest BCUT2D eigenvalue weighted by atomic mass is 16.1. The molecule has 0 saturated heterocycles. The summed E-state index contributed by atoms with van der Waals surface area (Å²) in [7, 11) is 0. The smallest absolute Gasteiger partial charge is 0.226 e. The lowest BCUT2D eigenvalue weighted by atomic mass is 9.91. The van der Waals surface area contributed by atoms with Crippen molar-refractivity contribution in [2.75, 3.05) is 5.32 Å². The molecule has 3 heterocycles. The fourth-order valence-electron chi connectivity index (χ4n) is 3.44. The van der Waals surface area contributed by atoms with Crippen molar-refractivity contribution in [3.05, 3.63) is 29.5 Å². The van der Waals surface area contributed by atoms with Gasteiger partial charge in [0.05, 0.1) is 11.6 Å². The summed E-state index contributed by atoms with van der Waals surface area (Å²) in [6, 6.07) is 0. The summed E-state index contributed by atoms with van der Waals surface area (Å²) in [6.45, 7) is 10.3. The lowest BCUT2D eigenvalue weighted by Gasteiger charge is -2.24. The Balaban J connectivity index is 2.00. The Morgan fingerprint density at radius 3 is 2.88 bits per heavy atom. The SMILES string of the molecule is CCCn1ccnc1[C@@H]1CC(=O)Nc2c1c(C)nn2CCC(C)C. The molecule has 6 nitrogen and oxygen atoms in total. The molecule has 2 aromatic rings. The molecule has 1 aliphatic rings. The van der Waals surface area contributed by atoms with Crippen LogP contribution in [0.1, 0.15) is 63.0 Å². The summed E-state index contributed by atoms with van der Waals surface area (Å²) in [4.78, 5) is 16.9. The van der Waals surface area contributed by atoms with E-state index in [-0.39, 0.29) is 11.8 Å². The molecule has 0 fully saturated rings. The minimum Gasteiger partial charge on any atom is -0.334 e. The van der Waals surface area contributed by atoms with Crippen LogP contribution in [0.2, 0.25) is 0 Å². The van der Waals surface area contributed by atoms with Gasteiger partial charge < -0.3 is 9.88 Å². The second-order valence-corrected chi connectivity index (χ2v) is 7.04. The van der Waals surface area contributed by atoms with Crippen LogP contribution in [0.15, 0.2) is 12.4 Å². The van der Waals surface area contributed by atoms with E-state index in [0.717, 1.165) is 48.8 Å². The molecule has 0 unspecified atom stereocenters. The summed E-state index contributed by atoms with van der Waals surface area (Å²) >= 11 is 0. The van der Waals surface area contributed by atoms with Crippen LogP contribution in [0.3, 0.4) is 0 Å². The number of anilines is 1. The molecule has 1 amide bonds. The normalized spacial score (nSPS) is 17.2. The Hall–Kier alpha value is -2.11. The van der Waals surface area contributed by atoms with E-state index in [1.807, 2.05) is 24.0 Å². The van der Waals surface area contributed by atoms with Gasteiger partial charge in [-0.05, 0) is 25.7 Å². The molecule has 0 bridgehead atoms. The van der Waals surface area contributed by atoms with Crippen LogP contribution in [-0.2, 0) is 17.9 Å². The molecular weight excluding hydrogens is 302 g/mol. The first-order valence-corrected chi connectivity index (χ1v) is 8.89. The average molecular weight is 329 g/mol. The number of fused-ring (bicyclic) bond motifs is 1. The van der Waals surface area contributed by atoms with Gasteiger partial charge in [-0.2, -0.15) is 5.10 Å². The van der Waals surface area contributed by atoms with Crippen molar-refractivity contribution in [1.82, 2.24) is 19.3 Å². The molecule has 6 heteroatoms. The summed E-state index contributed by atoms with van der Waals surface area (Å²) in [5, 5.41) is 7.74. The number of carbonyl (C=O) groups excluding carboxylic acids is 1. The first kappa shape index (κ1) is 16.7. The van der Waals surface area contributed by atoms with Crippen LogP contribution in [0.4, 0.5) is 5.82 Å². The summed E-state index contributed by atoms with van der Waals surface area (Å²) in [5.74, 6) is 2.47. The Kier molecular flexibility index (Phi) is 4.73. The van der Waals surface area contributed by atoms with Gasteiger partial charge in [0.25, 0.3) is 0 Å². The second-order valence-electron chi connectivity index (χ2n) is 7.04. The third-order valence-corrected chi connectivity index (χ3v) is 4.61. The van der Waals surface area contributed by atoms with Gasteiger partial charge in [0, 0.05) is 37.5 Å². The number of carbonyl (C=O) groups is 1. The number of aryl methyl sites for hydroxylation is 3. The molecule has 0 spiro atoms. The molecule has 130 valence electrons. The topological polar surface area (TPSA) is 64.7 Å². The zero-order chi connectivity index (χ0) is 17.3. The van der Waals surface area contributed by atoms with Crippen molar-refractivity contribution in [2.24, 2.45) is 5.92 Å². The minimum atomic E-state index is -0.0110. The third-order valence-electron chi connectivity index (χ3n) is 4.61. The predicted octanol–water partition coefficient (Wildman–Crippen LogP) is 3.32. The summed E-state index contributed by atoms with van der Waals surface area (Å²) < 4.78 is 4.12. The maximum Gasteiger partial charge on any atom is 0.226 e. The number of nitrogens with zero attached hydrogens (tertiary/aromatic N) is 4. The molecule has 0 aliphatic carbocycles. The zero-order valence-corrected chi connectivity index (χ0v) is 15.0. The number of hydrogen-bond donors (Lipinski definition) is 1. The van der Waals surface area contributed by atoms with Gasteiger partial charge in [-0.3, -0.25) is 4.79 Å². The lowest BCUT2D eigenvalue weighted by molar-refractivity contribution is -0.116. The van der Waals surface area contributed by atoms with Crippen molar-refractivity contribution in [2.45, 2.75) is 66.0 Å². The number of amides is 1. The number of hydrogen-bond acceptors (Lipinski definition) is 3. The van der Waals surface area contributed by atoms with Crippen LogP contribution >= 0.6 is 0 Å². The van der Waals surface area contributed by atoms with Gasteiger partial charge in [0.2, 0.25) is 5.91 Å². The molecule has 0 saturated carbocycles. The quantitative estimate of drug-likeness (QED) is 0.884. The van der Waals surface area contributed by atoms with E-state index < -0.39 is 0 Å². The molecule has 1 atom stereocenters. The third kappa shape index (κ3) is 3.09. The standard InChI is InChI=1S/C18H27N5O/c1-5-8-22-10-7-19-17(22)14-11-15(24)20-18-16(14)13(4)21-23(18)9-6-12(2)3/h7,10,12,14H,5-6,8-9,11H2,1-4H3,(H,20,24)/t14-/m1/s1. The van der Waals surface area contributed by atoms with Gasteiger partial charge in [-0.1, -0.05) is 20.8 Å². The van der Waals surface area contributed by atoms with E-state index in [0.29, 0.717) is 12.3 Å². The Morgan fingerprint density at radius 1 is 1.38 bits per heavy atom. The highest BCUT2D eigenvalue weighted by Crippen LogP contribution is 2.38. The summed E-state index contributed by atoms with van der Waals surface area (Å²) in [6.07, 6.45) is 6.35. The van der Waals surface area contributed by atoms with Crippen molar-refractivity contribution < 1.29 is 4.79 Å². The number of rotatable bonds is 6. The largest absolute Gasteiger partial charge is 0.334 e. The first-order valence-electron chi connectivity index (χ1n) is 8.89. The molecule has 24 heavy (non-hydrogen) atoms. The van der Waals surface area contributed by atoms with Gasteiger partial charge >= 0.3 is 0 Å². The van der Waals surface area contributed by atoms with Gasteiger partial charge in [-0.25, -0.2) is 9.67 Å². The minimum absolute atomic E-state index is 0.0110. The van der Waals surface area contributed by atoms with Gasteiger partial charge in [-0.15, -0.1) is 0 Å². The fraction of sp³-hybridized carbons (Fsp3) is 0.611. The van der Waals surface area contributed by atoms with E-state index in [2.05, 4.69) is 35.6 Å². The molecule has 1 aliphatic heterocycles. The molecule has 0 aromatic carbocycles. The lowest BCUT2D eigenvalue weighted by Crippen LogP contribution is -2.27. The highest BCUT2D eigenvalue weighted by Gasteiger charge is 2.34. The fourth-order valence-corrected chi connectivity index (χ4v) is 3.44. The Morgan fingerprint density at radius 2 is 2.17 bits per heavy atom. The van der Waals surface area contributed by atoms with Gasteiger partial charge in [0.15, 0.2) is 0 Å². The van der Waals surface area contributed by atoms with E-state index in [1.165, 1.54) is 0 Å². The van der Waals surface area contributed by atoms with E-state index in [4.69, 9.17) is 5.10 Å². The van der Waals surface area contributed by atoms with Crippen LogP contribution < -0.4 is 5.32 Å². The number of imidazole rings is 1. The van der Waals surface area contributed by atoms with Crippen LogP contribution in [0.25, 0.3) is 0 Å². The predicted molar refractivity (Wildman–Crippen MR) is 94.0 cm³/mol. The zero-order valence-electron chi connectivity index (χ0n) is 15.0. The van der Waals surface area contributed by atoms with Crippen LogP contribution in [0.5, 0.6) is 0 Å². The van der Waals surface area contributed by atoms with Gasteiger partial charge in [0.1, 0.15) is 11.6 Å². The monoisotopic (exact) mass is 329 g/mol. The van der Waals surface area contributed by atoms with E-state index in [1.54, 1.807) is 0 Å². The number of nitrogens with one attached hydrogen (secondary N) is 1. The Labute approximate surface area is 143 Å². The highest BCUT2D eigenvalue weighted by molar-refractivity contribution is 5.94. The van der Waals surface area contributed by atoms with Crippen molar-refractivity contribution >= 4 is 11.7 Å². The van der Waals surface area contributed by atoms with Crippen molar-refractivity contribution in [3.8, 4) is 0 Å². The van der Waals surface area contributed by atoms with E-state index >= 15 is 0 Å². The van der Waals surface area contributed by atoms with Crippen molar-refractivity contribution in [3.63, 3.8) is 0 Å². The maximum absolute atomic E-state index is 12.3. The van der Waals surface area contributed by atoms with E-state index in [9.17, 15) is 4.79 Å². The maximum atomic E-state index is 12.3. The molecule has 2 aromatic heterocycles. The molecule has 1 N–H and O–H groups in total. The first-order chi connectivity index (χ1) is 11.5. The number of aromatic nitrogens is 4. The van der Waals surface area contributed by atoms with Crippen LogP contribution in [-0.4, -0.2) is 25.2 Å². The van der Waals surface area contributed by atoms with Crippen LogP contribution in [0, 0.1) is 12.8 Å². The van der Waals surface area contributed by atoms with Crippen molar-refractivity contribution in [1.29, 1.82) is 0 Å². The molecule has 0 radical (unpaired) electrons. The molecular formula is C18H27N5O. The summed E-state index contributed by atoms with van der Waals surface area (Å²) in [5.41, 5.74) is 2.12. The molecule has 3 rings (SSSR count).